The maximum atomic E-state index is 9.40. The topological polar surface area (TPSA) is 123 Å². The number of nitrogens with zero attached hydrogens (tertiary/aromatic N) is 1. The van der Waals surface area contributed by atoms with Crippen molar-refractivity contribution in [3.05, 3.63) is 327 Å². The lowest BCUT2D eigenvalue weighted by Gasteiger charge is -2.36. The standard InChI is InChI=1S/C22H30N2.C20H25N.C19H21NO.C19H23NO.C19H19NO/c1-4-17-10-11-21-20(14-17)15-19(12-13-23-16(2)3)22(24-21)18-8-6-5-7-9-18;1-3-8-17-14-18-13-15(4-2)11-12-19(18)21-20(17)16-9-6-5-7-10-16;1-2-13-8-9-17-16(12-13)19-15(10-11-21-19)18(20-17)14-6-4-3-5-7-14;2*1-2-14-8-9-18-17(12-14)13-16(10-11-21)19(20-18)15-6-4-3-5-7-15/h5-11,14,16,19,22-24H,4,12-13,15H2,1-3H3;5-7,9-13,17,20-21H,3-4,8,14H2,1-2H3;3-9,12,15,18-20H,2,10-11H2,1H3;3-9,12,16,19-21H,2,10-11,13H2,1H3;3-9,12-13,21H,2,10-11H2,1H3/t19-,22+;17-,20+;;16-,19+;/m11.1./s1. The minimum Gasteiger partial charge on any atom is -0.396 e. The molecule has 9 heteroatoms. The summed E-state index contributed by atoms with van der Waals surface area (Å²) in [7, 11) is 0. The molecule has 7 N–H and O–H groups in total. The lowest BCUT2D eigenvalue weighted by molar-refractivity contribution is 0.0829. The van der Waals surface area contributed by atoms with Crippen molar-refractivity contribution in [1.82, 2.24) is 10.3 Å². The van der Waals surface area contributed by atoms with Gasteiger partial charge in [-0.15, -0.1) is 0 Å². The highest BCUT2D eigenvalue weighted by Crippen LogP contribution is 2.50. The Morgan fingerprint density at radius 1 is 0.426 bits per heavy atom. The Balaban J connectivity index is 0.000000126. The maximum absolute atomic E-state index is 9.40. The van der Waals surface area contributed by atoms with Gasteiger partial charge in [-0.1, -0.05) is 268 Å². The molecule has 0 spiro atoms. The molecule has 0 bridgehead atoms. The molecule has 0 amide bonds. The van der Waals surface area contributed by atoms with Gasteiger partial charge in [-0.3, -0.25) is 0 Å². The van der Waals surface area contributed by atoms with Gasteiger partial charge in [0, 0.05) is 71.0 Å². The summed E-state index contributed by atoms with van der Waals surface area (Å²) in [6.45, 7) is 20.1. The summed E-state index contributed by atoms with van der Waals surface area (Å²) < 4.78 is 6.09. The van der Waals surface area contributed by atoms with Crippen molar-refractivity contribution < 1.29 is 14.9 Å². The van der Waals surface area contributed by atoms with Gasteiger partial charge < -0.3 is 41.5 Å². The summed E-state index contributed by atoms with van der Waals surface area (Å²) >= 11 is 0. The van der Waals surface area contributed by atoms with E-state index in [9.17, 15) is 10.2 Å². The first-order valence-electron chi connectivity index (χ1n) is 40.8. The van der Waals surface area contributed by atoms with Crippen LogP contribution in [0.3, 0.4) is 0 Å². The van der Waals surface area contributed by atoms with Gasteiger partial charge in [-0.2, -0.15) is 0 Å². The first-order valence-corrected chi connectivity index (χ1v) is 40.8. The fourth-order valence-electron chi connectivity index (χ4n) is 16.9. The van der Waals surface area contributed by atoms with E-state index < -0.39 is 0 Å². The molecule has 11 aromatic rings. The summed E-state index contributed by atoms with van der Waals surface area (Å²) in [5, 5.41) is 38.5. The number of aliphatic hydroxyl groups is 2. The van der Waals surface area contributed by atoms with Crippen molar-refractivity contribution in [1.29, 1.82) is 0 Å². The van der Waals surface area contributed by atoms with E-state index in [1.807, 2.05) is 18.2 Å². The molecule has 6 heterocycles. The van der Waals surface area contributed by atoms with Crippen molar-refractivity contribution in [2.75, 3.05) is 47.6 Å². The number of ether oxygens (including phenoxy) is 1. The van der Waals surface area contributed by atoms with Gasteiger partial charge in [0.05, 0.1) is 41.5 Å². The van der Waals surface area contributed by atoms with Crippen LogP contribution in [0.4, 0.5) is 22.7 Å². The number of rotatable bonds is 20. The highest BCUT2D eigenvalue weighted by atomic mass is 16.5. The summed E-state index contributed by atoms with van der Waals surface area (Å²) in [4.78, 5) is 4.83. The van der Waals surface area contributed by atoms with Gasteiger partial charge in [0.15, 0.2) is 0 Å². The molecule has 9 atom stereocenters. The van der Waals surface area contributed by atoms with Crippen LogP contribution in [0.25, 0.3) is 22.2 Å². The van der Waals surface area contributed by atoms with Crippen molar-refractivity contribution in [2.45, 2.75) is 182 Å². The molecule has 5 aliphatic heterocycles. The van der Waals surface area contributed by atoms with Gasteiger partial charge in [-0.25, -0.2) is 4.98 Å². The Bertz CT molecular complexity index is 4460. The molecule has 108 heavy (non-hydrogen) atoms. The van der Waals surface area contributed by atoms with Crippen LogP contribution < -0.4 is 26.6 Å². The summed E-state index contributed by atoms with van der Waals surface area (Å²) in [5.41, 5.74) is 27.5. The molecule has 562 valence electrons. The zero-order chi connectivity index (χ0) is 75.1. The average Bonchev–Trinajstić information content (AvgIpc) is 1.54. The van der Waals surface area contributed by atoms with E-state index >= 15 is 0 Å². The number of aliphatic hydroxyl groups excluding tert-OH is 2. The zero-order valence-corrected chi connectivity index (χ0v) is 65.4. The number of fused-ring (bicyclic) bond motifs is 7. The molecule has 0 aliphatic carbocycles. The Hall–Kier alpha value is -9.35. The first kappa shape index (κ1) is 78.2. The first-order chi connectivity index (χ1) is 53.0. The van der Waals surface area contributed by atoms with Gasteiger partial charge in [0.25, 0.3) is 0 Å². The van der Waals surface area contributed by atoms with E-state index in [4.69, 9.17) is 9.72 Å². The molecule has 1 aromatic heterocycles. The third-order valence-electron chi connectivity index (χ3n) is 22.9. The molecule has 1 fully saturated rings. The minimum absolute atomic E-state index is 0.139. The number of hydrogen-bond acceptors (Lipinski definition) is 9. The number of pyridine rings is 1. The molecule has 5 aliphatic rings. The van der Waals surface area contributed by atoms with E-state index in [2.05, 4.69) is 312 Å². The Morgan fingerprint density at radius 2 is 0.833 bits per heavy atom. The van der Waals surface area contributed by atoms with E-state index in [0.717, 1.165) is 98.7 Å². The second-order valence-corrected chi connectivity index (χ2v) is 30.5. The van der Waals surface area contributed by atoms with E-state index in [1.165, 1.54) is 121 Å². The normalized spacial score (nSPS) is 19.8. The monoisotopic (exact) mass is 1440 g/mol. The van der Waals surface area contributed by atoms with E-state index in [0.29, 0.717) is 60.3 Å². The largest absolute Gasteiger partial charge is 0.396 e. The zero-order valence-electron chi connectivity index (χ0n) is 65.4. The van der Waals surface area contributed by atoms with E-state index in [-0.39, 0.29) is 19.3 Å². The molecule has 1 saturated heterocycles. The van der Waals surface area contributed by atoms with Crippen molar-refractivity contribution >= 4 is 33.7 Å². The van der Waals surface area contributed by atoms with Crippen LogP contribution in [-0.2, 0) is 62.5 Å². The Labute approximate surface area is 645 Å². The van der Waals surface area contributed by atoms with Gasteiger partial charge in [0.2, 0.25) is 0 Å². The van der Waals surface area contributed by atoms with Crippen LogP contribution in [0.2, 0.25) is 0 Å². The minimum atomic E-state index is 0.139. The maximum Gasteiger partial charge on any atom is 0.0896 e. The molecular weight excluding hydrogens is 1320 g/mol. The number of benzene rings is 10. The van der Waals surface area contributed by atoms with Gasteiger partial charge in [0.1, 0.15) is 0 Å². The van der Waals surface area contributed by atoms with Crippen LogP contribution in [0.15, 0.2) is 249 Å². The fraction of sp³-hybridized carbons (Fsp3) is 0.364. The predicted octanol–water partition coefficient (Wildman–Crippen LogP) is 22.8. The second kappa shape index (κ2) is 39.1. The highest BCUT2D eigenvalue weighted by molar-refractivity contribution is 5.84. The molecular formula is C99H118N6O3. The molecule has 9 nitrogen and oxygen atoms in total. The summed E-state index contributed by atoms with van der Waals surface area (Å²) in [6.07, 6.45) is 15.4. The SMILES string of the molecule is CCC[C@@H]1Cc2cc(CC)ccc2N[C@H]1c1ccccc1.CCc1ccc2c(c1)C1OCCC1C(c1ccccc1)N2.CCc1ccc2c(c1)C[C@@H](CCNC(C)C)[C@H](c1ccccc1)N2.CCc1ccc2c(c1)C[C@@H](CCO)[C@H](c1ccccc1)N2.CCc1ccc2nc(-c3ccccc3)c(CCO)cc2c1. The lowest BCUT2D eigenvalue weighted by atomic mass is 9.80. The summed E-state index contributed by atoms with van der Waals surface area (Å²) in [5.74, 6) is 2.29. The number of hydrogen-bond donors (Lipinski definition) is 7. The predicted molar refractivity (Wildman–Crippen MR) is 455 cm³/mol. The fourth-order valence-corrected chi connectivity index (χ4v) is 16.9. The molecule has 0 radical (unpaired) electrons. The molecule has 16 rings (SSSR count). The second-order valence-electron chi connectivity index (χ2n) is 30.5. The van der Waals surface area contributed by atoms with Crippen LogP contribution in [0.1, 0.15) is 196 Å². The number of anilines is 4. The van der Waals surface area contributed by atoms with Crippen molar-refractivity contribution in [3.63, 3.8) is 0 Å². The molecule has 0 saturated carbocycles. The van der Waals surface area contributed by atoms with Crippen LogP contribution in [0, 0.1) is 23.7 Å². The van der Waals surface area contributed by atoms with E-state index in [1.54, 1.807) is 0 Å². The smallest absolute Gasteiger partial charge is 0.0896 e. The molecule has 10 aromatic carbocycles. The van der Waals surface area contributed by atoms with Crippen LogP contribution >= 0.6 is 0 Å². The highest BCUT2D eigenvalue weighted by Gasteiger charge is 2.42. The Kier molecular flexibility index (Phi) is 28.4. The number of nitrogens with one attached hydrogen (secondary N) is 5. The summed E-state index contributed by atoms with van der Waals surface area (Å²) in [6, 6.07) is 91.3. The Morgan fingerprint density at radius 3 is 1.28 bits per heavy atom. The average molecular weight is 1440 g/mol. The number of aryl methyl sites for hydroxylation is 5. The van der Waals surface area contributed by atoms with Gasteiger partial charge >= 0.3 is 0 Å². The van der Waals surface area contributed by atoms with Crippen LogP contribution in [-0.4, -0.2) is 47.6 Å². The lowest BCUT2D eigenvalue weighted by Crippen LogP contribution is -2.32. The molecule has 3 unspecified atom stereocenters. The van der Waals surface area contributed by atoms with Gasteiger partial charge in [-0.05, 0) is 223 Å². The number of aromatic nitrogens is 1. The van der Waals surface area contributed by atoms with Crippen molar-refractivity contribution in [2.24, 2.45) is 23.7 Å². The third-order valence-corrected chi connectivity index (χ3v) is 22.9. The van der Waals surface area contributed by atoms with Crippen molar-refractivity contribution in [3.8, 4) is 11.3 Å². The van der Waals surface area contributed by atoms with Crippen LogP contribution in [0.5, 0.6) is 0 Å². The third kappa shape index (κ3) is 19.9. The quantitative estimate of drug-likeness (QED) is 0.0400.